The SMILES string of the molecule is O=C1[C@H]2[C@H](C(=O)N1c1cccc(-c3nc4ccccc4o3)c1)[C@H]1C=C[C@H]2C1. The third kappa shape index (κ3) is 1.97. The second-order valence-electron chi connectivity index (χ2n) is 7.55. The molecule has 3 aliphatic rings. The number of allylic oxidation sites excluding steroid dienone is 2. The number of imide groups is 1. The second-order valence-corrected chi connectivity index (χ2v) is 7.55. The highest BCUT2D eigenvalue weighted by Gasteiger charge is 2.59. The number of hydrogen-bond donors (Lipinski definition) is 0. The molecule has 2 aliphatic carbocycles. The van der Waals surface area contributed by atoms with E-state index in [4.69, 9.17) is 4.42 Å². The lowest BCUT2D eigenvalue weighted by molar-refractivity contribution is -0.123. The minimum atomic E-state index is -0.194. The number of carbonyl (C=O) groups is 2. The standard InChI is InChI=1S/C22H16N2O3/c25-21-18-12-8-9-13(10-12)19(18)22(26)24(21)15-5-3-4-14(11-15)20-23-16-6-1-2-7-17(16)27-20/h1-9,11-13,18-19H,10H2/t12-,13-,18+,19+/m0/s1. The number of fused-ring (bicyclic) bond motifs is 6. The molecule has 2 heterocycles. The van der Waals surface area contributed by atoms with Crippen LogP contribution >= 0.6 is 0 Å². The van der Waals surface area contributed by atoms with Crippen LogP contribution in [0.3, 0.4) is 0 Å². The topological polar surface area (TPSA) is 63.4 Å². The minimum Gasteiger partial charge on any atom is -0.436 e. The number of nitrogens with zero attached hydrogens (tertiary/aromatic N) is 2. The van der Waals surface area contributed by atoms with Gasteiger partial charge < -0.3 is 4.42 Å². The van der Waals surface area contributed by atoms with Crippen LogP contribution in [0.4, 0.5) is 5.69 Å². The predicted molar refractivity (Wildman–Crippen MR) is 99.7 cm³/mol. The van der Waals surface area contributed by atoms with Gasteiger partial charge >= 0.3 is 0 Å². The van der Waals surface area contributed by atoms with Crippen LogP contribution in [-0.2, 0) is 9.59 Å². The first-order valence-electron chi connectivity index (χ1n) is 9.23. The van der Waals surface area contributed by atoms with Crippen molar-refractivity contribution < 1.29 is 14.0 Å². The van der Waals surface area contributed by atoms with Crippen LogP contribution in [0.25, 0.3) is 22.6 Å². The van der Waals surface area contributed by atoms with E-state index in [1.165, 1.54) is 4.90 Å². The Morgan fingerprint density at radius 2 is 1.67 bits per heavy atom. The van der Waals surface area contributed by atoms with Crippen molar-refractivity contribution >= 4 is 28.6 Å². The van der Waals surface area contributed by atoms with Crippen molar-refractivity contribution in [1.82, 2.24) is 4.98 Å². The van der Waals surface area contributed by atoms with Gasteiger partial charge in [-0.2, -0.15) is 0 Å². The summed E-state index contributed by atoms with van der Waals surface area (Å²) in [4.78, 5) is 31.9. The maximum absolute atomic E-state index is 13.0. The lowest BCUT2D eigenvalue weighted by Crippen LogP contribution is -2.32. The van der Waals surface area contributed by atoms with Gasteiger partial charge in [-0.05, 0) is 48.6 Å². The lowest BCUT2D eigenvalue weighted by atomic mass is 9.85. The van der Waals surface area contributed by atoms with Crippen molar-refractivity contribution in [3.8, 4) is 11.5 Å². The Balaban J connectivity index is 1.40. The van der Waals surface area contributed by atoms with Crippen molar-refractivity contribution in [2.75, 3.05) is 4.90 Å². The molecular formula is C22H16N2O3. The predicted octanol–water partition coefficient (Wildman–Crippen LogP) is 3.81. The quantitative estimate of drug-likeness (QED) is 0.517. The average Bonchev–Trinajstić information content (AvgIpc) is 3.44. The Kier molecular flexibility index (Phi) is 2.85. The van der Waals surface area contributed by atoms with E-state index >= 15 is 0 Å². The Morgan fingerprint density at radius 3 is 2.41 bits per heavy atom. The van der Waals surface area contributed by atoms with Gasteiger partial charge in [0.05, 0.1) is 17.5 Å². The molecule has 132 valence electrons. The number of amides is 2. The zero-order valence-electron chi connectivity index (χ0n) is 14.4. The Morgan fingerprint density at radius 1 is 0.926 bits per heavy atom. The molecule has 2 bridgehead atoms. The van der Waals surface area contributed by atoms with E-state index in [9.17, 15) is 9.59 Å². The molecule has 6 rings (SSSR count). The summed E-state index contributed by atoms with van der Waals surface area (Å²) < 4.78 is 5.83. The summed E-state index contributed by atoms with van der Waals surface area (Å²) in [5, 5.41) is 0. The molecule has 0 spiro atoms. The summed E-state index contributed by atoms with van der Waals surface area (Å²) in [7, 11) is 0. The van der Waals surface area contributed by atoms with Gasteiger partial charge in [-0.25, -0.2) is 9.88 Å². The summed E-state index contributed by atoms with van der Waals surface area (Å²) in [6, 6.07) is 14.9. The molecule has 3 aromatic rings. The maximum atomic E-state index is 13.0. The van der Waals surface area contributed by atoms with Crippen molar-refractivity contribution in [2.45, 2.75) is 6.42 Å². The average molecular weight is 356 g/mol. The fourth-order valence-electron chi connectivity index (χ4n) is 4.93. The minimum absolute atomic E-state index is 0.0726. The normalized spacial score (nSPS) is 28.5. The van der Waals surface area contributed by atoms with Crippen LogP contribution in [0, 0.1) is 23.7 Å². The van der Waals surface area contributed by atoms with E-state index in [0.29, 0.717) is 17.2 Å². The molecule has 27 heavy (non-hydrogen) atoms. The number of aromatic nitrogens is 1. The van der Waals surface area contributed by atoms with Crippen LogP contribution in [0.1, 0.15) is 6.42 Å². The highest BCUT2D eigenvalue weighted by Crippen LogP contribution is 2.53. The van der Waals surface area contributed by atoms with Gasteiger partial charge in [0, 0.05) is 5.56 Å². The number of anilines is 1. The van der Waals surface area contributed by atoms with Crippen molar-refractivity contribution in [2.24, 2.45) is 23.7 Å². The van der Waals surface area contributed by atoms with Crippen LogP contribution in [0.5, 0.6) is 0 Å². The Bertz CT molecular complexity index is 1080. The Hall–Kier alpha value is -3.21. The molecule has 1 aromatic heterocycles. The van der Waals surface area contributed by atoms with Crippen LogP contribution < -0.4 is 4.90 Å². The number of oxazole rings is 1. The molecule has 1 saturated carbocycles. The van der Waals surface area contributed by atoms with Crippen molar-refractivity contribution in [1.29, 1.82) is 0 Å². The van der Waals surface area contributed by atoms with E-state index in [1.54, 1.807) is 6.07 Å². The fraction of sp³-hybridized carbons (Fsp3) is 0.227. The lowest BCUT2D eigenvalue weighted by Gasteiger charge is -2.17. The highest BCUT2D eigenvalue weighted by atomic mass is 16.3. The van der Waals surface area contributed by atoms with Gasteiger partial charge in [0.25, 0.3) is 0 Å². The number of rotatable bonds is 2. The molecule has 0 radical (unpaired) electrons. The van der Waals surface area contributed by atoms with E-state index in [2.05, 4.69) is 17.1 Å². The number of para-hydroxylation sites is 2. The molecule has 1 aliphatic heterocycles. The van der Waals surface area contributed by atoms with E-state index in [0.717, 1.165) is 17.5 Å². The largest absolute Gasteiger partial charge is 0.436 e. The zero-order chi connectivity index (χ0) is 18.1. The summed E-state index contributed by atoms with van der Waals surface area (Å²) >= 11 is 0. The maximum Gasteiger partial charge on any atom is 0.238 e. The summed E-state index contributed by atoms with van der Waals surface area (Å²) in [5.41, 5.74) is 2.84. The van der Waals surface area contributed by atoms with E-state index in [-0.39, 0.29) is 35.5 Å². The monoisotopic (exact) mass is 356 g/mol. The van der Waals surface area contributed by atoms with Crippen molar-refractivity contribution in [3.63, 3.8) is 0 Å². The second kappa shape index (κ2) is 5.16. The molecule has 4 atom stereocenters. The zero-order valence-corrected chi connectivity index (χ0v) is 14.4. The molecule has 2 fully saturated rings. The molecule has 0 N–H and O–H groups in total. The third-order valence-electron chi connectivity index (χ3n) is 6.12. The molecule has 5 nitrogen and oxygen atoms in total. The first-order chi connectivity index (χ1) is 13.2. The van der Waals surface area contributed by atoms with Crippen LogP contribution in [-0.4, -0.2) is 16.8 Å². The van der Waals surface area contributed by atoms with Gasteiger partial charge in [0.15, 0.2) is 5.58 Å². The van der Waals surface area contributed by atoms with Gasteiger partial charge in [-0.3, -0.25) is 9.59 Å². The van der Waals surface area contributed by atoms with E-state index in [1.807, 2.05) is 42.5 Å². The van der Waals surface area contributed by atoms with Crippen molar-refractivity contribution in [3.05, 3.63) is 60.7 Å². The van der Waals surface area contributed by atoms with E-state index < -0.39 is 0 Å². The number of carbonyl (C=O) groups excluding carboxylic acids is 2. The van der Waals surface area contributed by atoms with Gasteiger partial charge in [-0.1, -0.05) is 30.4 Å². The number of benzene rings is 2. The fourth-order valence-corrected chi connectivity index (χ4v) is 4.93. The van der Waals surface area contributed by atoms with Crippen LogP contribution in [0.15, 0.2) is 65.1 Å². The molecule has 5 heteroatoms. The third-order valence-corrected chi connectivity index (χ3v) is 6.12. The molecule has 2 aromatic carbocycles. The smallest absolute Gasteiger partial charge is 0.238 e. The first kappa shape index (κ1) is 14.9. The molecule has 2 amide bonds. The van der Waals surface area contributed by atoms with Gasteiger partial charge in [-0.15, -0.1) is 0 Å². The summed E-state index contributed by atoms with van der Waals surface area (Å²) in [6.45, 7) is 0. The van der Waals surface area contributed by atoms with Gasteiger partial charge in [0.2, 0.25) is 17.7 Å². The number of hydrogen-bond acceptors (Lipinski definition) is 4. The van der Waals surface area contributed by atoms with Crippen LogP contribution in [0.2, 0.25) is 0 Å². The molecule has 1 saturated heterocycles. The molecule has 0 unspecified atom stereocenters. The Labute approximate surface area is 155 Å². The molecular weight excluding hydrogens is 340 g/mol. The first-order valence-corrected chi connectivity index (χ1v) is 9.23. The summed E-state index contributed by atoms with van der Waals surface area (Å²) in [6.07, 6.45) is 5.15. The highest BCUT2D eigenvalue weighted by molar-refractivity contribution is 6.23. The van der Waals surface area contributed by atoms with Gasteiger partial charge in [0.1, 0.15) is 5.52 Å². The summed E-state index contributed by atoms with van der Waals surface area (Å²) in [5.74, 6) is 0.372.